The molecule has 3 rings (SSSR count). The molecular formula is C21H24N4O7S. The molecule has 11 nitrogen and oxygen atoms in total. The van der Waals surface area contributed by atoms with Gasteiger partial charge in [0.25, 0.3) is 11.6 Å². The van der Waals surface area contributed by atoms with E-state index in [2.05, 4.69) is 5.32 Å². The summed E-state index contributed by atoms with van der Waals surface area (Å²) in [7, 11) is -3.84. The maximum atomic E-state index is 12.6. The Balaban J connectivity index is 1.77. The highest BCUT2D eigenvalue weighted by molar-refractivity contribution is 7.92. The Morgan fingerprint density at radius 2 is 1.79 bits per heavy atom. The highest BCUT2D eigenvalue weighted by Crippen LogP contribution is 2.25. The van der Waals surface area contributed by atoms with Crippen LogP contribution in [0.25, 0.3) is 0 Å². The van der Waals surface area contributed by atoms with Gasteiger partial charge in [0.1, 0.15) is 6.54 Å². The fourth-order valence-corrected chi connectivity index (χ4v) is 4.25. The van der Waals surface area contributed by atoms with E-state index in [1.54, 1.807) is 4.90 Å². The number of sulfonamides is 1. The zero-order chi connectivity index (χ0) is 24.2. The van der Waals surface area contributed by atoms with E-state index in [1.807, 2.05) is 0 Å². The van der Waals surface area contributed by atoms with Crippen LogP contribution in [0.1, 0.15) is 15.9 Å². The molecule has 0 atom stereocenters. The lowest BCUT2D eigenvalue weighted by Crippen LogP contribution is -2.40. The van der Waals surface area contributed by atoms with Gasteiger partial charge in [-0.25, -0.2) is 8.42 Å². The van der Waals surface area contributed by atoms with Crippen LogP contribution in [0.15, 0.2) is 42.5 Å². The van der Waals surface area contributed by atoms with Gasteiger partial charge in [-0.1, -0.05) is 6.07 Å². The van der Waals surface area contributed by atoms with Crippen molar-refractivity contribution in [1.82, 2.24) is 4.90 Å². The average molecular weight is 477 g/mol. The molecule has 2 amide bonds. The number of morpholine rings is 1. The number of hydrogen-bond donors (Lipinski definition) is 1. The molecule has 1 aliphatic rings. The summed E-state index contributed by atoms with van der Waals surface area (Å²) in [6.45, 7) is 2.83. The molecule has 1 fully saturated rings. The minimum Gasteiger partial charge on any atom is -0.378 e. The third kappa shape index (κ3) is 5.84. The number of benzene rings is 2. The fourth-order valence-electron chi connectivity index (χ4n) is 3.40. The number of ether oxygens (including phenoxy) is 1. The summed E-state index contributed by atoms with van der Waals surface area (Å²) in [6, 6.07) is 10.2. The molecule has 2 aromatic rings. The van der Waals surface area contributed by atoms with Crippen LogP contribution in [0.5, 0.6) is 0 Å². The Labute approximate surface area is 191 Å². The van der Waals surface area contributed by atoms with E-state index in [1.165, 1.54) is 49.4 Å². The summed E-state index contributed by atoms with van der Waals surface area (Å²) >= 11 is 0. The molecule has 0 aromatic heterocycles. The predicted molar refractivity (Wildman–Crippen MR) is 122 cm³/mol. The van der Waals surface area contributed by atoms with Crippen LogP contribution in [-0.2, 0) is 19.6 Å². The lowest BCUT2D eigenvalue weighted by molar-refractivity contribution is -0.385. The van der Waals surface area contributed by atoms with Gasteiger partial charge in [-0.3, -0.25) is 24.0 Å². The number of carbonyl (C=O) groups excluding carboxylic acids is 2. The van der Waals surface area contributed by atoms with Crippen LogP contribution < -0.4 is 9.62 Å². The lowest BCUT2D eigenvalue weighted by Gasteiger charge is -2.27. The van der Waals surface area contributed by atoms with Crippen molar-refractivity contribution < 1.29 is 27.7 Å². The van der Waals surface area contributed by atoms with Crippen LogP contribution in [0.2, 0.25) is 0 Å². The molecule has 0 saturated carbocycles. The van der Waals surface area contributed by atoms with E-state index in [-0.39, 0.29) is 28.5 Å². The molecule has 1 heterocycles. The number of nitro benzene ring substituents is 1. The summed E-state index contributed by atoms with van der Waals surface area (Å²) in [5.41, 5.74) is 0.919. The highest BCUT2D eigenvalue weighted by Gasteiger charge is 2.24. The molecule has 1 N–H and O–H groups in total. The van der Waals surface area contributed by atoms with Crippen LogP contribution in [0.4, 0.5) is 17.1 Å². The minimum atomic E-state index is -3.84. The third-order valence-electron chi connectivity index (χ3n) is 5.16. The first-order valence-electron chi connectivity index (χ1n) is 10.1. The van der Waals surface area contributed by atoms with Gasteiger partial charge in [-0.2, -0.15) is 0 Å². The van der Waals surface area contributed by atoms with E-state index in [9.17, 15) is 28.1 Å². The number of nitrogens with zero attached hydrogens (tertiary/aromatic N) is 3. The first-order valence-corrected chi connectivity index (χ1v) is 11.9. The number of anilines is 2. The molecule has 1 saturated heterocycles. The lowest BCUT2D eigenvalue weighted by atomic mass is 10.1. The average Bonchev–Trinajstić information content (AvgIpc) is 2.78. The Bertz CT molecular complexity index is 1160. The van der Waals surface area contributed by atoms with Crippen LogP contribution in [-0.4, -0.2) is 69.2 Å². The second kappa shape index (κ2) is 9.96. The SMILES string of the molecule is Cc1c(NC(=O)CN(c2ccc(C(=O)N3CCOCC3)cc2)S(C)(=O)=O)cccc1[N+](=O)[O-]. The minimum absolute atomic E-state index is 0.159. The third-order valence-corrected chi connectivity index (χ3v) is 6.30. The van der Waals surface area contributed by atoms with Gasteiger partial charge in [0, 0.05) is 24.7 Å². The Kier molecular flexibility index (Phi) is 7.29. The molecule has 1 aliphatic heterocycles. The zero-order valence-corrected chi connectivity index (χ0v) is 19.0. The normalized spacial score (nSPS) is 13.9. The second-order valence-corrected chi connectivity index (χ2v) is 9.38. The summed E-state index contributed by atoms with van der Waals surface area (Å²) in [6.07, 6.45) is 0.964. The van der Waals surface area contributed by atoms with Gasteiger partial charge in [0.2, 0.25) is 15.9 Å². The molecule has 0 radical (unpaired) electrons. The van der Waals surface area contributed by atoms with Crippen molar-refractivity contribution in [3.63, 3.8) is 0 Å². The predicted octanol–water partition coefficient (Wildman–Crippen LogP) is 1.78. The van der Waals surface area contributed by atoms with Crippen LogP contribution in [0.3, 0.4) is 0 Å². The molecule has 0 unspecified atom stereocenters. The monoisotopic (exact) mass is 476 g/mol. The number of nitro groups is 1. The smallest absolute Gasteiger partial charge is 0.274 e. The first kappa shape index (κ1) is 24.1. The van der Waals surface area contributed by atoms with Crippen LogP contribution in [0, 0.1) is 17.0 Å². The molecule has 2 aromatic carbocycles. The summed E-state index contributed by atoms with van der Waals surface area (Å²) in [5, 5.41) is 13.6. The van der Waals surface area contributed by atoms with Crippen molar-refractivity contribution in [2.24, 2.45) is 0 Å². The van der Waals surface area contributed by atoms with Crippen molar-refractivity contribution in [3.8, 4) is 0 Å². The summed E-state index contributed by atoms with van der Waals surface area (Å²) in [5.74, 6) is -0.855. The number of hydrogen-bond acceptors (Lipinski definition) is 7. The highest BCUT2D eigenvalue weighted by atomic mass is 32.2. The molecular weight excluding hydrogens is 452 g/mol. The van der Waals surface area contributed by atoms with Crippen molar-refractivity contribution in [2.75, 3.05) is 48.7 Å². The van der Waals surface area contributed by atoms with Gasteiger partial charge in [0.15, 0.2) is 0 Å². The number of amides is 2. The van der Waals surface area contributed by atoms with Crippen molar-refractivity contribution in [2.45, 2.75) is 6.92 Å². The van der Waals surface area contributed by atoms with Gasteiger partial charge < -0.3 is 15.0 Å². The number of carbonyl (C=O) groups is 2. The molecule has 12 heteroatoms. The fraction of sp³-hybridized carbons (Fsp3) is 0.333. The second-order valence-electron chi connectivity index (χ2n) is 7.48. The molecule has 0 bridgehead atoms. The van der Waals surface area contributed by atoms with E-state index >= 15 is 0 Å². The maximum Gasteiger partial charge on any atom is 0.274 e. The first-order chi connectivity index (χ1) is 15.6. The standard InChI is InChI=1S/C21H24N4O7S/c1-15-18(4-3-5-19(15)25(28)29)22-20(26)14-24(33(2,30)31)17-8-6-16(7-9-17)21(27)23-10-12-32-13-11-23/h3-9H,10-14H2,1-2H3,(H,22,26). The largest absolute Gasteiger partial charge is 0.378 e. The van der Waals surface area contributed by atoms with E-state index in [4.69, 9.17) is 4.74 Å². The van der Waals surface area contributed by atoms with Crippen molar-refractivity contribution >= 4 is 38.9 Å². The maximum absolute atomic E-state index is 12.6. The Morgan fingerprint density at radius 1 is 1.15 bits per heavy atom. The molecule has 0 spiro atoms. The van der Waals surface area contributed by atoms with E-state index in [0.29, 0.717) is 31.9 Å². The summed E-state index contributed by atoms with van der Waals surface area (Å²) in [4.78, 5) is 37.4. The van der Waals surface area contributed by atoms with Gasteiger partial charge in [-0.05, 0) is 37.3 Å². The van der Waals surface area contributed by atoms with Gasteiger partial charge in [-0.15, -0.1) is 0 Å². The molecule has 0 aliphatic carbocycles. The molecule has 33 heavy (non-hydrogen) atoms. The van der Waals surface area contributed by atoms with Crippen molar-refractivity contribution in [1.29, 1.82) is 0 Å². The summed E-state index contributed by atoms with van der Waals surface area (Å²) < 4.78 is 30.9. The van der Waals surface area contributed by atoms with Gasteiger partial charge >= 0.3 is 0 Å². The van der Waals surface area contributed by atoms with E-state index < -0.39 is 27.4 Å². The Morgan fingerprint density at radius 3 is 2.36 bits per heavy atom. The Hall–Kier alpha value is -3.51. The van der Waals surface area contributed by atoms with Gasteiger partial charge in [0.05, 0.1) is 41.3 Å². The zero-order valence-electron chi connectivity index (χ0n) is 18.2. The van der Waals surface area contributed by atoms with E-state index in [0.717, 1.165) is 10.6 Å². The molecule has 176 valence electrons. The quantitative estimate of drug-likeness (QED) is 0.475. The number of rotatable bonds is 7. The topological polar surface area (TPSA) is 139 Å². The van der Waals surface area contributed by atoms with Crippen LogP contribution >= 0.6 is 0 Å². The number of nitrogens with one attached hydrogen (secondary N) is 1. The van der Waals surface area contributed by atoms with Crippen molar-refractivity contribution in [3.05, 3.63) is 63.7 Å².